The van der Waals surface area contributed by atoms with Crippen molar-refractivity contribution in [2.24, 2.45) is 17.4 Å². The number of aliphatic hydroxyl groups excluding tert-OH is 1. The van der Waals surface area contributed by atoms with E-state index in [-0.39, 0.29) is 25.2 Å². The van der Waals surface area contributed by atoms with Crippen LogP contribution in [-0.4, -0.2) is 82.6 Å². The molecule has 0 aliphatic rings. The number of thioether (sulfide) groups is 1. The second-order valence-corrected chi connectivity index (χ2v) is 8.39. The number of carbonyl (C=O) groups is 5. The fourth-order valence-corrected chi connectivity index (χ4v) is 3.10. The lowest BCUT2D eigenvalue weighted by atomic mass is 9.97. The first kappa shape index (κ1) is 29.6. The zero-order valence-corrected chi connectivity index (χ0v) is 19.4. The van der Waals surface area contributed by atoms with Crippen molar-refractivity contribution in [2.75, 3.05) is 18.6 Å². The molecule has 12 nitrogen and oxygen atoms in total. The number of primary amides is 1. The number of nitrogens with two attached hydrogens (primary N) is 2. The molecule has 4 amide bonds. The number of aliphatic hydroxyl groups is 1. The SMILES string of the molecule is CCC(C)C(NC(=O)C(CCC(N)=O)NC(=O)C(N)CO)C(=O)NC(CCSC)C(=O)O. The van der Waals surface area contributed by atoms with Crippen LogP contribution in [0.1, 0.15) is 39.5 Å². The molecule has 184 valence electrons. The summed E-state index contributed by atoms with van der Waals surface area (Å²) in [6, 6.07) is -4.71. The summed E-state index contributed by atoms with van der Waals surface area (Å²) in [5.41, 5.74) is 10.6. The highest BCUT2D eigenvalue weighted by molar-refractivity contribution is 7.98. The molecule has 0 aromatic heterocycles. The summed E-state index contributed by atoms with van der Waals surface area (Å²) in [4.78, 5) is 60.3. The highest BCUT2D eigenvalue weighted by atomic mass is 32.2. The van der Waals surface area contributed by atoms with Gasteiger partial charge in [0.15, 0.2) is 0 Å². The van der Waals surface area contributed by atoms with E-state index in [4.69, 9.17) is 16.6 Å². The van der Waals surface area contributed by atoms with E-state index in [1.807, 2.05) is 6.26 Å². The lowest BCUT2D eigenvalue weighted by Gasteiger charge is -2.28. The van der Waals surface area contributed by atoms with E-state index in [0.29, 0.717) is 12.2 Å². The molecular weight excluding hydrogens is 442 g/mol. The third-order valence-electron chi connectivity index (χ3n) is 4.86. The van der Waals surface area contributed by atoms with Crippen LogP contribution >= 0.6 is 11.8 Å². The topological polar surface area (TPSA) is 214 Å². The van der Waals surface area contributed by atoms with Crippen LogP contribution in [0.3, 0.4) is 0 Å². The van der Waals surface area contributed by atoms with E-state index in [2.05, 4.69) is 16.0 Å². The monoisotopic (exact) mass is 477 g/mol. The maximum Gasteiger partial charge on any atom is 0.326 e. The van der Waals surface area contributed by atoms with E-state index in [1.165, 1.54) is 11.8 Å². The standard InChI is InChI=1S/C19H35N5O7S/c1-4-10(2)15(18(29)23-13(19(30)31)7-8-32-3)24-17(28)12(5-6-14(21)26)22-16(27)11(20)9-25/h10-13,15,25H,4-9,20H2,1-3H3,(H2,21,26)(H,22,27)(H,23,29)(H,24,28)(H,30,31). The minimum atomic E-state index is -1.28. The highest BCUT2D eigenvalue weighted by Crippen LogP contribution is 2.11. The molecule has 9 N–H and O–H groups in total. The second kappa shape index (κ2) is 15.4. The number of carbonyl (C=O) groups excluding carboxylic acids is 4. The van der Waals surface area contributed by atoms with E-state index in [9.17, 15) is 29.1 Å². The Hall–Kier alpha value is -2.38. The maximum atomic E-state index is 12.8. The second-order valence-electron chi connectivity index (χ2n) is 7.41. The van der Waals surface area contributed by atoms with Gasteiger partial charge in [0.25, 0.3) is 0 Å². The van der Waals surface area contributed by atoms with E-state index < -0.39 is 60.4 Å². The van der Waals surface area contributed by atoms with Gasteiger partial charge in [0.05, 0.1) is 6.61 Å². The Morgan fingerprint density at radius 3 is 2.03 bits per heavy atom. The third-order valence-corrected chi connectivity index (χ3v) is 5.51. The molecule has 0 aromatic carbocycles. The molecule has 0 bridgehead atoms. The number of hydrogen-bond donors (Lipinski definition) is 7. The number of aliphatic carboxylic acids is 1. The summed E-state index contributed by atoms with van der Waals surface area (Å²) in [5.74, 6) is -3.98. The first-order chi connectivity index (χ1) is 15.0. The van der Waals surface area contributed by atoms with Crippen LogP contribution < -0.4 is 27.4 Å². The molecule has 32 heavy (non-hydrogen) atoms. The molecule has 0 spiro atoms. The van der Waals surface area contributed by atoms with Crippen molar-refractivity contribution < 1.29 is 34.2 Å². The minimum absolute atomic E-state index is 0.147. The summed E-state index contributed by atoms with van der Waals surface area (Å²) in [5, 5.41) is 25.7. The van der Waals surface area contributed by atoms with Crippen LogP contribution in [0.4, 0.5) is 0 Å². The van der Waals surface area contributed by atoms with Crippen molar-refractivity contribution in [3.8, 4) is 0 Å². The fourth-order valence-electron chi connectivity index (χ4n) is 2.63. The Kier molecular flexibility index (Phi) is 14.3. The minimum Gasteiger partial charge on any atom is -0.480 e. The van der Waals surface area contributed by atoms with E-state index in [0.717, 1.165) is 0 Å². The van der Waals surface area contributed by atoms with Crippen LogP contribution in [0, 0.1) is 5.92 Å². The maximum absolute atomic E-state index is 12.8. The van der Waals surface area contributed by atoms with Crippen LogP contribution in [0.5, 0.6) is 0 Å². The van der Waals surface area contributed by atoms with Crippen LogP contribution in [0.2, 0.25) is 0 Å². The molecule has 0 saturated carbocycles. The molecule has 0 fully saturated rings. The van der Waals surface area contributed by atoms with Crippen LogP contribution in [0.15, 0.2) is 0 Å². The molecule has 0 radical (unpaired) electrons. The van der Waals surface area contributed by atoms with Gasteiger partial charge in [-0.15, -0.1) is 0 Å². The fraction of sp³-hybridized carbons (Fsp3) is 0.737. The van der Waals surface area contributed by atoms with E-state index >= 15 is 0 Å². The number of nitrogens with one attached hydrogen (secondary N) is 3. The van der Waals surface area contributed by atoms with Gasteiger partial charge in [-0.3, -0.25) is 19.2 Å². The van der Waals surface area contributed by atoms with Crippen LogP contribution in [-0.2, 0) is 24.0 Å². The van der Waals surface area contributed by atoms with Gasteiger partial charge in [-0.25, -0.2) is 4.79 Å². The molecular formula is C19H35N5O7S. The average molecular weight is 478 g/mol. The predicted molar refractivity (Wildman–Crippen MR) is 119 cm³/mol. The largest absolute Gasteiger partial charge is 0.480 e. The smallest absolute Gasteiger partial charge is 0.326 e. The van der Waals surface area contributed by atoms with Crippen molar-refractivity contribution in [1.29, 1.82) is 0 Å². The van der Waals surface area contributed by atoms with Gasteiger partial charge in [0.1, 0.15) is 24.2 Å². The van der Waals surface area contributed by atoms with Crippen molar-refractivity contribution in [3.05, 3.63) is 0 Å². The summed E-state index contributed by atoms with van der Waals surface area (Å²) in [7, 11) is 0. The number of rotatable bonds is 16. The molecule has 0 saturated heterocycles. The Morgan fingerprint density at radius 1 is 0.969 bits per heavy atom. The quantitative estimate of drug-likeness (QED) is 0.129. The van der Waals surface area contributed by atoms with Crippen molar-refractivity contribution in [1.82, 2.24) is 16.0 Å². The third kappa shape index (κ3) is 10.8. The normalized spacial score (nSPS) is 15.5. The molecule has 0 aliphatic carbocycles. The van der Waals surface area contributed by atoms with Crippen molar-refractivity contribution in [2.45, 2.75) is 63.7 Å². The lowest BCUT2D eigenvalue weighted by Crippen LogP contribution is -2.59. The Bertz CT molecular complexity index is 664. The number of carboxylic acids is 1. The Labute approximate surface area is 191 Å². The van der Waals surface area contributed by atoms with Gasteiger partial charge in [0.2, 0.25) is 23.6 Å². The average Bonchev–Trinajstić information content (AvgIpc) is 2.75. The zero-order chi connectivity index (χ0) is 24.8. The molecule has 0 heterocycles. The van der Waals surface area contributed by atoms with Gasteiger partial charge in [0, 0.05) is 6.42 Å². The molecule has 5 unspecified atom stereocenters. The summed E-state index contributed by atoms with van der Waals surface area (Å²) in [6.45, 7) is 2.85. The lowest BCUT2D eigenvalue weighted by molar-refractivity contribution is -0.142. The predicted octanol–water partition coefficient (Wildman–Crippen LogP) is -2.09. The number of carboxylic acid groups (broad SMARTS) is 1. The molecule has 0 aliphatic heterocycles. The molecule has 0 aromatic rings. The van der Waals surface area contributed by atoms with Gasteiger partial charge in [-0.1, -0.05) is 20.3 Å². The zero-order valence-electron chi connectivity index (χ0n) is 18.6. The van der Waals surface area contributed by atoms with E-state index in [1.54, 1.807) is 13.8 Å². The van der Waals surface area contributed by atoms with Gasteiger partial charge >= 0.3 is 5.97 Å². The summed E-state index contributed by atoms with van der Waals surface area (Å²) < 4.78 is 0. The van der Waals surface area contributed by atoms with Gasteiger partial charge in [-0.2, -0.15) is 11.8 Å². The number of amides is 4. The molecule has 0 rings (SSSR count). The van der Waals surface area contributed by atoms with Gasteiger partial charge < -0.3 is 37.6 Å². The Balaban J connectivity index is 5.52. The highest BCUT2D eigenvalue weighted by Gasteiger charge is 2.32. The first-order valence-corrected chi connectivity index (χ1v) is 11.6. The Morgan fingerprint density at radius 2 is 1.56 bits per heavy atom. The molecule has 13 heteroatoms. The van der Waals surface area contributed by atoms with Crippen LogP contribution in [0.25, 0.3) is 0 Å². The van der Waals surface area contributed by atoms with Gasteiger partial charge in [-0.05, 0) is 30.8 Å². The summed E-state index contributed by atoms with van der Waals surface area (Å²) in [6.07, 6.45) is 2.15. The molecule has 5 atom stereocenters. The number of hydrogen-bond acceptors (Lipinski definition) is 8. The first-order valence-electron chi connectivity index (χ1n) is 10.3. The summed E-state index contributed by atoms with van der Waals surface area (Å²) >= 11 is 1.44. The van der Waals surface area contributed by atoms with Crippen molar-refractivity contribution >= 4 is 41.4 Å². The van der Waals surface area contributed by atoms with Crippen molar-refractivity contribution in [3.63, 3.8) is 0 Å².